The van der Waals surface area contributed by atoms with Crippen LogP contribution in [0.1, 0.15) is 12.8 Å². The molecule has 33 heavy (non-hydrogen) atoms. The number of hydrogen-bond acceptors (Lipinski definition) is 0. The van der Waals surface area contributed by atoms with E-state index in [1.165, 1.54) is 0 Å². The molecular formula is C12H5F21. The van der Waals surface area contributed by atoms with E-state index in [4.69, 9.17) is 0 Å². The number of alkyl halides is 21. The van der Waals surface area contributed by atoms with Crippen molar-refractivity contribution >= 4 is 0 Å². The number of rotatable bonds is 10. The second-order valence-electron chi connectivity index (χ2n) is 6.34. The average Bonchev–Trinajstić information content (AvgIpc) is 2.50. The van der Waals surface area contributed by atoms with Crippen LogP contribution in [0.15, 0.2) is 0 Å². The molecule has 0 bridgehead atoms. The van der Waals surface area contributed by atoms with Crippen LogP contribution in [0.25, 0.3) is 0 Å². The molecule has 0 atom stereocenters. The molecule has 0 rings (SSSR count). The predicted molar refractivity (Wildman–Crippen MR) is 60.9 cm³/mol. The third-order valence-electron chi connectivity index (χ3n) is 3.72. The lowest BCUT2D eigenvalue weighted by Crippen LogP contribution is -2.70. The molecule has 0 N–H and O–H groups in total. The van der Waals surface area contributed by atoms with Gasteiger partial charge in [-0.05, 0) is 0 Å². The highest BCUT2D eigenvalue weighted by Gasteiger charge is 2.91. The maximum Gasteiger partial charge on any atom is 0.460 e. The Balaban J connectivity index is 6.29. The Morgan fingerprint density at radius 3 is 1.00 bits per heavy atom. The summed E-state index contributed by atoms with van der Waals surface area (Å²) in [5.74, 6) is -61.1. The average molecular weight is 548 g/mol. The fourth-order valence-corrected chi connectivity index (χ4v) is 1.90. The maximum atomic E-state index is 13.3. The van der Waals surface area contributed by atoms with E-state index in [0.29, 0.717) is 0 Å². The summed E-state index contributed by atoms with van der Waals surface area (Å²) < 4.78 is 267. The second kappa shape index (κ2) is 8.04. The van der Waals surface area contributed by atoms with Gasteiger partial charge in [-0.1, -0.05) is 0 Å². The minimum atomic E-state index is -8.53. The fourth-order valence-electron chi connectivity index (χ4n) is 1.90. The molecule has 200 valence electrons. The van der Waals surface area contributed by atoms with Crippen LogP contribution in [0.3, 0.4) is 0 Å². The Hall–Kier alpha value is -1.47. The maximum absolute atomic E-state index is 13.3. The third-order valence-corrected chi connectivity index (χ3v) is 3.72. The topological polar surface area (TPSA) is 0 Å². The van der Waals surface area contributed by atoms with Gasteiger partial charge in [0.25, 0.3) is 5.92 Å². The van der Waals surface area contributed by atoms with Crippen LogP contribution in [0.5, 0.6) is 0 Å². The Kier molecular flexibility index (Phi) is 7.69. The molecule has 0 aromatic heterocycles. The quantitative estimate of drug-likeness (QED) is 0.246. The van der Waals surface area contributed by atoms with E-state index in [1.54, 1.807) is 0 Å². The third kappa shape index (κ3) is 5.00. The summed E-state index contributed by atoms with van der Waals surface area (Å²) in [5, 5.41) is 0. The first-order chi connectivity index (χ1) is 13.9. The number of hydrogen-bond donors (Lipinski definition) is 0. The molecule has 0 aromatic rings. The summed E-state index contributed by atoms with van der Waals surface area (Å²) in [4.78, 5) is 0. The van der Waals surface area contributed by atoms with Crippen molar-refractivity contribution in [3.8, 4) is 0 Å². The first-order valence-corrected chi connectivity index (χ1v) is 7.23. The van der Waals surface area contributed by atoms with Gasteiger partial charge in [0.1, 0.15) is 0 Å². The normalized spacial score (nSPS) is 16.5. The standard InChI is InChI=1S/C12H5F21/c13-3(14)7(21,22)5(17,18)1-4(15,16)2-6(19,20)8(23,24)9(25,26)10(27,28)11(29,30)12(31,32)33/h3H,1-2H2. The van der Waals surface area contributed by atoms with Crippen molar-refractivity contribution in [3.05, 3.63) is 0 Å². The monoisotopic (exact) mass is 548 g/mol. The SMILES string of the molecule is FC(F)C(F)(F)C(F)(F)CC(F)(F)CC(F)(F)C(F)(F)C(F)(F)C(F)(F)C(F)(F)C(F)(F)F. The summed E-state index contributed by atoms with van der Waals surface area (Å²) in [6.07, 6.45) is -22.1. The van der Waals surface area contributed by atoms with Crippen LogP contribution in [0.4, 0.5) is 92.2 Å². The Bertz CT molecular complexity index is 682. The molecule has 0 saturated heterocycles. The van der Waals surface area contributed by atoms with E-state index < -0.39 is 72.8 Å². The summed E-state index contributed by atoms with van der Waals surface area (Å²) >= 11 is 0. The molecule has 0 nitrogen and oxygen atoms in total. The van der Waals surface area contributed by atoms with Crippen molar-refractivity contribution in [2.75, 3.05) is 0 Å². The van der Waals surface area contributed by atoms with Gasteiger partial charge in [0, 0.05) is 0 Å². The molecule has 0 fully saturated rings. The summed E-state index contributed by atoms with van der Waals surface area (Å²) in [5.41, 5.74) is 0. The van der Waals surface area contributed by atoms with Crippen molar-refractivity contribution in [2.24, 2.45) is 0 Å². The molecule has 21 heteroatoms. The van der Waals surface area contributed by atoms with Gasteiger partial charge in [-0.15, -0.1) is 0 Å². The zero-order valence-electron chi connectivity index (χ0n) is 14.4. The van der Waals surface area contributed by atoms with Crippen LogP contribution in [0, 0.1) is 0 Å². The minimum Gasteiger partial charge on any atom is -0.206 e. The van der Waals surface area contributed by atoms with Crippen LogP contribution in [-0.4, -0.2) is 60.0 Å². The molecule has 0 aliphatic carbocycles. The fraction of sp³-hybridized carbons (Fsp3) is 1.00. The van der Waals surface area contributed by atoms with Crippen LogP contribution >= 0.6 is 0 Å². The molecule has 0 aliphatic rings. The Morgan fingerprint density at radius 2 is 0.697 bits per heavy atom. The van der Waals surface area contributed by atoms with E-state index in [9.17, 15) is 92.2 Å². The highest BCUT2D eigenvalue weighted by atomic mass is 19.4. The lowest BCUT2D eigenvalue weighted by molar-refractivity contribution is -0.442. The van der Waals surface area contributed by atoms with Crippen molar-refractivity contribution in [1.29, 1.82) is 0 Å². The summed E-state index contributed by atoms with van der Waals surface area (Å²) in [6, 6.07) is 0. The molecule has 0 aromatic carbocycles. The van der Waals surface area contributed by atoms with Gasteiger partial charge in [-0.25, -0.2) is 17.6 Å². The molecule has 0 amide bonds. The smallest absolute Gasteiger partial charge is 0.206 e. The van der Waals surface area contributed by atoms with E-state index in [0.717, 1.165) is 0 Å². The van der Waals surface area contributed by atoms with Gasteiger partial charge in [-0.3, -0.25) is 0 Å². The van der Waals surface area contributed by atoms with Gasteiger partial charge in [-0.2, -0.15) is 74.6 Å². The van der Waals surface area contributed by atoms with E-state index in [2.05, 4.69) is 0 Å². The zero-order valence-corrected chi connectivity index (χ0v) is 14.4. The predicted octanol–water partition coefficient (Wildman–Crippen LogP) is 7.68. The van der Waals surface area contributed by atoms with E-state index in [-0.39, 0.29) is 0 Å². The zero-order chi connectivity index (χ0) is 27.5. The largest absolute Gasteiger partial charge is 0.460 e. The van der Waals surface area contributed by atoms with Crippen molar-refractivity contribution in [2.45, 2.75) is 72.8 Å². The summed E-state index contributed by atoms with van der Waals surface area (Å²) in [6.45, 7) is 0. The van der Waals surface area contributed by atoms with E-state index in [1.807, 2.05) is 0 Å². The van der Waals surface area contributed by atoms with Crippen molar-refractivity contribution in [1.82, 2.24) is 0 Å². The molecule has 0 spiro atoms. The molecule has 0 unspecified atom stereocenters. The minimum absolute atomic E-state index is 4.22. The molecule has 0 heterocycles. The Morgan fingerprint density at radius 1 is 0.394 bits per heavy atom. The first-order valence-electron chi connectivity index (χ1n) is 7.23. The van der Waals surface area contributed by atoms with Crippen molar-refractivity contribution < 1.29 is 92.2 Å². The second-order valence-corrected chi connectivity index (χ2v) is 6.34. The highest BCUT2D eigenvalue weighted by molar-refractivity contribution is 5.11. The lowest BCUT2D eigenvalue weighted by Gasteiger charge is -2.40. The molecule has 0 saturated carbocycles. The Labute approximate surface area is 166 Å². The lowest BCUT2D eigenvalue weighted by atomic mass is 9.89. The molecule has 0 radical (unpaired) electrons. The molecule has 0 aliphatic heterocycles. The van der Waals surface area contributed by atoms with Crippen LogP contribution in [-0.2, 0) is 0 Å². The van der Waals surface area contributed by atoms with Crippen molar-refractivity contribution in [3.63, 3.8) is 0 Å². The van der Waals surface area contributed by atoms with Gasteiger partial charge >= 0.3 is 54.1 Å². The van der Waals surface area contributed by atoms with Gasteiger partial charge < -0.3 is 0 Å². The van der Waals surface area contributed by atoms with Gasteiger partial charge in [0.2, 0.25) is 0 Å². The summed E-state index contributed by atoms with van der Waals surface area (Å²) in [7, 11) is 0. The molecular weight excluding hydrogens is 543 g/mol. The van der Waals surface area contributed by atoms with Gasteiger partial charge in [0.05, 0.1) is 12.8 Å². The highest BCUT2D eigenvalue weighted by Crippen LogP contribution is 2.61. The van der Waals surface area contributed by atoms with Crippen LogP contribution < -0.4 is 0 Å². The van der Waals surface area contributed by atoms with Gasteiger partial charge in [0.15, 0.2) is 0 Å². The number of halogens is 21. The van der Waals surface area contributed by atoms with Crippen LogP contribution in [0.2, 0.25) is 0 Å². The van der Waals surface area contributed by atoms with E-state index >= 15 is 0 Å². The first kappa shape index (κ1) is 31.5.